The summed E-state index contributed by atoms with van der Waals surface area (Å²) >= 11 is 0. The Hall–Kier alpha value is -0.180. The van der Waals surface area contributed by atoms with Gasteiger partial charge in [-0.3, -0.25) is 0 Å². The number of aliphatic hydroxyl groups is 1. The van der Waals surface area contributed by atoms with Crippen molar-refractivity contribution in [2.24, 2.45) is 5.92 Å². The Morgan fingerprint density at radius 3 is 2.42 bits per heavy atom. The van der Waals surface area contributed by atoms with E-state index >= 15 is 0 Å². The second kappa shape index (κ2) is 2.95. The summed E-state index contributed by atoms with van der Waals surface area (Å²) in [4.78, 5) is 0. The molecule has 0 heterocycles. The molecule has 0 radical (unpaired) electrons. The molecule has 1 aliphatic rings. The zero-order valence-corrected chi connectivity index (χ0v) is 7.61. The summed E-state index contributed by atoms with van der Waals surface area (Å²) in [6.07, 6.45) is 0.502. The Kier molecular flexibility index (Phi) is 2.43. The first kappa shape index (κ1) is 9.90. The lowest BCUT2D eigenvalue weighted by Gasteiger charge is -2.39. The van der Waals surface area contributed by atoms with Crippen LogP contribution >= 0.6 is 0 Å². The number of rotatable bonds is 1. The molecule has 1 N–H and O–H groups in total. The van der Waals surface area contributed by atoms with Crippen molar-refractivity contribution in [1.29, 1.82) is 0 Å². The highest BCUT2D eigenvalue weighted by Gasteiger charge is 2.46. The van der Waals surface area contributed by atoms with Crippen LogP contribution in [0.1, 0.15) is 39.5 Å². The van der Waals surface area contributed by atoms with Crippen molar-refractivity contribution in [3.8, 4) is 0 Å². The largest absolute Gasteiger partial charge is 0.390 e. The molecule has 0 amide bonds. The minimum atomic E-state index is -2.66. The summed E-state index contributed by atoms with van der Waals surface area (Å²) in [5, 5.41) is 9.71. The third kappa shape index (κ3) is 2.16. The number of alkyl halides is 2. The molecular formula is C9H16F2O. The van der Waals surface area contributed by atoms with Gasteiger partial charge in [0.1, 0.15) is 0 Å². The van der Waals surface area contributed by atoms with E-state index in [2.05, 4.69) is 0 Å². The predicted molar refractivity (Wildman–Crippen MR) is 43.2 cm³/mol. The molecule has 0 aromatic carbocycles. The highest BCUT2D eigenvalue weighted by atomic mass is 19.3. The van der Waals surface area contributed by atoms with Gasteiger partial charge in [-0.15, -0.1) is 0 Å². The van der Waals surface area contributed by atoms with Crippen LogP contribution in [0, 0.1) is 5.92 Å². The third-order valence-corrected chi connectivity index (χ3v) is 2.62. The van der Waals surface area contributed by atoms with Crippen LogP contribution in [-0.4, -0.2) is 16.6 Å². The van der Waals surface area contributed by atoms with Gasteiger partial charge in [-0.25, -0.2) is 8.78 Å². The van der Waals surface area contributed by atoms with Gasteiger partial charge in [-0.2, -0.15) is 0 Å². The van der Waals surface area contributed by atoms with E-state index in [0.717, 1.165) is 0 Å². The fraction of sp³-hybridized carbons (Fsp3) is 1.00. The molecule has 72 valence electrons. The number of halogens is 2. The topological polar surface area (TPSA) is 20.2 Å². The van der Waals surface area contributed by atoms with Gasteiger partial charge < -0.3 is 5.11 Å². The zero-order valence-electron chi connectivity index (χ0n) is 7.61. The van der Waals surface area contributed by atoms with E-state index in [-0.39, 0.29) is 18.8 Å². The molecule has 0 saturated heterocycles. The number of hydrogen-bond donors (Lipinski definition) is 1. The summed E-state index contributed by atoms with van der Waals surface area (Å²) in [5.74, 6) is -2.73. The molecule has 3 heteroatoms. The van der Waals surface area contributed by atoms with Gasteiger partial charge in [-0.05, 0) is 18.8 Å². The molecule has 0 unspecified atom stereocenters. The van der Waals surface area contributed by atoms with Crippen molar-refractivity contribution in [1.82, 2.24) is 0 Å². The highest BCUT2D eigenvalue weighted by Crippen LogP contribution is 2.43. The van der Waals surface area contributed by atoms with E-state index in [0.29, 0.717) is 12.8 Å². The van der Waals surface area contributed by atoms with E-state index in [1.54, 1.807) is 13.8 Å². The lowest BCUT2D eigenvalue weighted by Crippen LogP contribution is -2.43. The van der Waals surface area contributed by atoms with Crippen molar-refractivity contribution in [3.63, 3.8) is 0 Å². The second-order valence-electron chi connectivity index (χ2n) is 4.12. The van der Waals surface area contributed by atoms with Gasteiger partial charge >= 0.3 is 0 Å². The average molecular weight is 178 g/mol. The SMILES string of the molecule is CC[C@@]1(O)C[C@@H](C)CC(F)(F)C1. The lowest BCUT2D eigenvalue weighted by molar-refractivity contribution is -0.140. The minimum absolute atomic E-state index is 0.0706. The van der Waals surface area contributed by atoms with Crippen LogP contribution in [0.15, 0.2) is 0 Å². The molecule has 12 heavy (non-hydrogen) atoms. The van der Waals surface area contributed by atoms with E-state index in [9.17, 15) is 13.9 Å². The monoisotopic (exact) mass is 178 g/mol. The summed E-state index contributed by atoms with van der Waals surface area (Å²) in [6, 6.07) is 0. The van der Waals surface area contributed by atoms with Crippen LogP contribution < -0.4 is 0 Å². The molecule has 2 atom stereocenters. The summed E-state index contributed by atoms with van der Waals surface area (Å²) < 4.78 is 26.0. The van der Waals surface area contributed by atoms with E-state index in [1.165, 1.54) is 0 Å². The van der Waals surface area contributed by atoms with Gasteiger partial charge in [0, 0.05) is 12.8 Å². The molecule has 0 spiro atoms. The molecule has 1 fully saturated rings. The molecule has 1 aliphatic carbocycles. The summed E-state index contributed by atoms with van der Waals surface area (Å²) in [5.41, 5.74) is -1.12. The molecule has 0 bridgehead atoms. The van der Waals surface area contributed by atoms with Crippen LogP contribution in [0.3, 0.4) is 0 Å². The molecule has 1 nitrogen and oxygen atoms in total. The lowest BCUT2D eigenvalue weighted by atomic mass is 9.75. The first-order chi connectivity index (χ1) is 5.37. The van der Waals surface area contributed by atoms with Gasteiger partial charge in [0.05, 0.1) is 5.60 Å². The van der Waals surface area contributed by atoms with Crippen LogP contribution in [0.4, 0.5) is 8.78 Å². The van der Waals surface area contributed by atoms with Gasteiger partial charge in [-0.1, -0.05) is 13.8 Å². The molecule has 1 saturated carbocycles. The zero-order chi connectivity index (χ0) is 9.41. The van der Waals surface area contributed by atoms with Gasteiger partial charge in [0.15, 0.2) is 0 Å². The Balaban J connectivity index is 2.70. The summed E-state index contributed by atoms with van der Waals surface area (Å²) in [7, 11) is 0. The van der Waals surface area contributed by atoms with E-state index < -0.39 is 11.5 Å². The maximum atomic E-state index is 13.0. The van der Waals surface area contributed by atoms with E-state index in [4.69, 9.17) is 0 Å². The van der Waals surface area contributed by atoms with Crippen molar-refractivity contribution >= 4 is 0 Å². The average Bonchev–Trinajstić information content (AvgIpc) is 1.82. The second-order valence-corrected chi connectivity index (χ2v) is 4.12. The Morgan fingerprint density at radius 2 is 2.00 bits per heavy atom. The fourth-order valence-corrected chi connectivity index (χ4v) is 2.13. The first-order valence-corrected chi connectivity index (χ1v) is 4.47. The highest BCUT2D eigenvalue weighted by molar-refractivity contribution is 4.91. The Bertz CT molecular complexity index is 170. The predicted octanol–water partition coefficient (Wildman–Crippen LogP) is 2.58. The van der Waals surface area contributed by atoms with E-state index in [1.807, 2.05) is 0 Å². The van der Waals surface area contributed by atoms with Crippen molar-refractivity contribution in [2.45, 2.75) is 51.1 Å². The smallest absolute Gasteiger partial charge is 0.251 e. The molecular weight excluding hydrogens is 162 g/mol. The van der Waals surface area contributed by atoms with Crippen LogP contribution in [0.25, 0.3) is 0 Å². The normalized spacial score (nSPS) is 41.2. The fourth-order valence-electron chi connectivity index (χ4n) is 2.13. The van der Waals surface area contributed by atoms with Crippen LogP contribution in [0.5, 0.6) is 0 Å². The summed E-state index contributed by atoms with van der Waals surface area (Å²) in [6.45, 7) is 3.53. The standard InChI is InChI=1S/C9H16F2O/c1-3-8(12)4-7(2)5-9(10,11)6-8/h7,12H,3-6H2,1-2H3/t7-,8-/m1/s1. The number of hydrogen-bond acceptors (Lipinski definition) is 1. The molecule has 0 aliphatic heterocycles. The van der Waals surface area contributed by atoms with Crippen molar-refractivity contribution in [2.75, 3.05) is 0 Å². The maximum Gasteiger partial charge on any atom is 0.251 e. The minimum Gasteiger partial charge on any atom is -0.390 e. The molecule has 0 aromatic rings. The van der Waals surface area contributed by atoms with Crippen molar-refractivity contribution in [3.05, 3.63) is 0 Å². The van der Waals surface area contributed by atoms with Crippen molar-refractivity contribution < 1.29 is 13.9 Å². The van der Waals surface area contributed by atoms with Gasteiger partial charge in [0.25, 0.3) is 5.92 Å². The quantitative estimate of drug-likeness (QED) is 0.654. The Morgan fingerprint density at radius 1 is 1.42 bits per heavy atom. The first-order valence-electron chi connectivity index (χ1n) is 4.47. The third-order valence-electron chi connectivity index (χ3n) is 2.62. The molecule has 1 rings (SSSR count). The van der Waals surface area contributed by atoms with Crippen LogP contribution in [-0.2, 0) is 0 Å². The van der Waals surface area contributed by atoms with Gasteiger partial charge in [0.2, 0.25) is 0 Å². The van der Waals surface area contributed by atoms with Crippen LogP contribution in [0.2, 0.25) is 0 Å². The Labute approximate surface area is 71.8 Å². The maximum absolute atomic E-state index is 13.0. The molecule has 0 aromatic heterocycles.